The van der Waals surface area contributed by atoms with Crippen LogP contribution in [0, 0.1) is 0 Å². The number of rotatable bonds is 12. The Hall–Kier alpha value is -1.87. The molecule has 0 rings (SSSR count). The van der Waals surface area contributed by atoms with Gasteiger partial charge in [0.25, 0.3) is 0 Å². The van der Waals surface area contributed by atoms with Crippen molar-refractivity contribution in [3.8, 4) is 0 Å². The molecule has 0 spiro atoms. The summed E-state index contributed by atoms with van der Waals surface area (Å²) >= 11 is 0. The van der Waals surface area contributed by atoms with Crippen molar-refractivity contribution in [1.82, 2.24) is 10.6 Å². The third-order valence-electron chi connectivity index (χ3n) is 3.91. The van der Waals surface area contributed by atoms with Gasteiger partial charge < -0.3 is 31.6 Å². The molecule has 6 N–H and O–H groups in total. The van der Waals surface area contributed by atoms with Gasteiger partial charge in [0.15, 0.2) is 0 Å². The molecule has 9 heteroatoms. The van der Waals surface area contributed by atoms with Crippen LogP contribution in [0.15, 0.2) is 0 Å². The molecule has 0 saturated carbocycles. The van der Waals surface area contributed by atoms with Gasteiger partial charge in [0, 0.05) is 0 Å². The number of amides is 2. The van der Waals surface area contributed by atoms with Crippen LogP contribution in [0.25, 0.3) is 0 Å². The van der Waals surface area contributed by atoms with Gasteiger partial charge in [-0.25, -0.2) is 9.59 Å². The lowest BCUT2D eigenvalue weighted by molar-refractivity contribution is -0.159. The molecule has 0 aliphatic heterocycles. The summed E-state index contributed by atoms with van der Waals surface area (Å²) in [5.41, 5.74) is 9.71. The number of carbonyl (C=O) groups excluding carboxylic acids is 3. The SMILES string of the molecule is CC(C)(C)OC(=O)N[C@@H](CCCCN)C(=O)NC(CCCCN)C(=O)OC(C)(C)C. The zero-order chi connectivity index (χ0) is 23.4. The zero-order valence-electron chi connectivity index (χ0n) is 19.5. The van der Waals surface area contributed by atoms with Crippen molar-refractivity contribution in [2.45, 2.75) is 103 Å². The maximum Gasteiger partial charge on any atom is 0.408 e. The Balaban J connectivity index is 5.25. The minimum atomic E-state index is -0.842. The fourth-order valence-electron chi connectivity index (χ4n) is 2.60. The van der Waals surface area contributed by atoms with E-state index in [0.29, 0.717) is 45.2 Å². The third kappa shape index (κ3) is 14.2. The van der Waals surface area contributed by atoms with Crippen LogP contribution in [0.1, 0.15) is 80.1 Å². The van der Waals surface area contributed by atoms with Gasteiger partial charge in [-0.3, -0.25) is 4.79 Å². The number of nitrogens with two attached hydrogens (primary N) is 2. The van der Waals surface area contributed by atoms with E-state index in [9.17, 15) is 14.4 Å². The van der Waals surface area contributed by atoms with Gasteiger partial charge >= 0.3 is 12.1 Å². The zero-order valence-corrected chi connectivity index (χ0v) is 19.5. The number of nitrogens with one attached hydrogen (secondary N) is 2. The summed E-state index contributed by atoms with van der Waals surface area (Å²) in [6.07, 6.45) is 2.85. The number of alkyl carbamates (subject to hydrolysis) is 1. The summed E-state index contributed by atoms with van der Waals surface area (Å²) in [5.74, 6) is -0.965. The number of ether oxygens (including phenoxy) is 2. The Morgan fingerprint density at radius 3 is 1.63 bits per heavy atom. The lowest BCUT2D eigenvalue weighted by atomic mass is 10.1. The van der Waals surface area contributed by atoms with E-state index in [-0.39, 0.29) is 0 Å². The van der Waals surface area contributed by atoms with Crippen LogP contribution in [0.3, 0.4) is 0 Å². The first kappa shape index (κ1) is 28.1. The van der Waals surface area contributed by atoms with Gasteiger partial charge in [0.05, 0.1) is 0 Å². The van der Waals surface area contributed by atoms with E-state index in [2.05, 4.69) is 10.6 Å². The molecule has 2 amide bonds. The van der Waals surface area contributed by atoms with Crippen LogP contribution in [-0.4, -0.2) is 54.3 Å². The molecule has 0 aromatic rings. The predicted molar refractivity (Wildman–Crippen MR) is 117 cm³/mol. The minimum Gasteiger partial charge on any atom is -0.458 e. The third-order valence-corrected chi connectivity index (χ3v) is 3.91. The number of hydrogen-bond donors (Lipinski definition) is 4. The van der Waals surface area contributed by atoms with Gasteiger partial charge in [0.2, 0.25) is 5.91 Å². The van der Waals surface area contributed by atoms with Gasteiger partial charge in [-0.15, -0.1) is 0 Å². The van der Waals surface area contributed by atoms with E-state index in [1.807, 2.05) is 0 Å². The molecule has 0 heterocycles. The second-order valence-corrected chi connectivity index (χ2v) is 9.36. The van der Waals surface area contributed by atoms with Crippen LogP contribution in [0.4, 0.5) is 4.79 Å². The molecule has 0 bridgehead atoms. The Bertz CT molecular complexity index is 540. The summed E-state index contributed by atoms with van der Waals surface area (Å²) in [6.45, 7) is 11.5. The highest BCUT2D eigenvalue weighted by Gasteiger charge is 2.30. The summed E-state index contributed by atoms with van der Waals surface area (Å²) < 4.78 is 10.7. The highest BCUT2D eigenvalue weighted by Crippen LogP contribution is 2.13. The first-order valence-electron chi connectivity index (χ1n) is 10.7. The smallest absolute Gasteiger partial charge is 0.408 e. The van der Waals surface area contributed by atoms with Crippen molar-refractivity contribution in [3.05, 3.63) is 0 Å². The number of hydrogen-bond acceptors (Lipinski definition) is 7. The number of carbonyl (C=O) groups is 3. The Kier molecular flexibility index (Phi) is 12.6. The topological polar surface area (TPSA) is 146 Å². The van der Waals surface area contributed by atoms with Crippen LogP contribution in [0.2, 0.25) is 0 Å². The molecule has 30 heavy (non-hydrogen) atoms. The molecule has 1 unspecified atom stereocenters. The first-order chi connectivity index (χ1) is 13.8. The number of esters is 1. The fourth-order valence-corrected chi connectivity index (χ4v) is 2.60. The average molecular weight is 431 g/mol. The van der Waals surface area contributed by atoms with Crippen molar-refractivity contribution in [3.63, 3.8) is 0 Å². The van der Waals surface area contributed by atoms with Crippen molar-refractivity contribution in [2.75, 3.05) is 13.1 Å². The van der Waals surface area contributed by atoms with Gasteiger partial charge in [-0.2, -0.15) is 0 Å². The monoisotopic (exact) mass is 430 g/mol. The lowest BCUT2D eigenvalue weighted by Gasteiger charge is -2.27. The predicted octanol–water partition coefficient (Wildman–Crippen LogP) is 1.96. The minimum absolute atomic E-state index is 0.381. The molecule has 0 saturated heterocycles. The average Bonchev–Trinajstić information content (AvgIpc) is 2.57. The Labute approximate surface area is 181 Å². The molecule has 0 fully saturated rings. The van der Waals surface area contributed by atoms with Gasteiger partial charge in [0.1, 0.15) is 23.3 Å². The molecule has 0 aliphatic carbocycles. The van der Waals surface area contributed by atoms with Gasteiger partial charge in [-0.05, 0) is 93.2 Å². The lowest BCUT2D eigenvalue weighted by Crippen LogP contribution is -2.53. The summed E-state index contributed by atoms with van der Waals surface area (Å²) in [7, 11) is 0. The second-order valence-electron chi connectivity index (χ2n) is 9.36. The van der Waals surface area contributed by atoms with Crippen LogP contribution >= 0.6 is 0 Å². The molecule has 0 radical (unpaired) electrons. The maximum atomic E-state index is 12.9. The largest absolute Gasteiger partial charge is 0.458 e. The Morgan fingerprint density at radius 2 is 1.20 bits per heavy atom. The second kappa shape index (κ2) is 13.4. The summed E-state index contributed by atoms with van der Waals surface area (Å²) in [6, 6.07) is -1.66. The van der Waals surface area contributed by atoms with E-state index < -0.39 is 41.3 Å². The molecule has 176 valence electrons. The quantitative estimate of drug-likeness (QED) is 0.273. The van der Waals surface area contributed by atoms with Gasteiger partial charge in [-0.1, -0.05) is 0 Å². The highest BCUT2D eigenvalue weighted by molar-refractivity contribution is 5.89. The molecule has 0 aromatic heterocycles. The van der Waals surface area contributed by atoms with E-state index in [1.54, 1.807) is 41.5 Å². The molecule has 2 atom stereocenters. The molecular formula is C21H42N4O5. The van der Waals surface area contributed by atoms with E-state index >= 15 is 0 Å². The van der Waals surface area contributed by atoms with Crippen LogP contribution in [0.5, 0.6) is 0 Å². The summed E-state index contributed by atoms with van der Waals surface area (Å²) in [4.78, 5) is 37.7. The highest BCUT2D eigenvalue weighted by atomic mass is 16.6. The van der Waals surface area contributed by atoms with Crippen LogP contribution in [-0.2, 0) is 19.1 Å². The molecule has 0 aromatic carbocycles. The van der Waals surface area contributed by atoms with Crippen molar-refractivity contribution < 1.29 is 23.9 Å². The molecular weight excluding hydrogens is 388 g/mol. The molecule has 0 aliphatic rings. The fraction of sp³-hybridized carbons (Fsp3) is 0.857. The van der Waals surface area contributed by atoms with E-state index in [0.717, 1.165) is 6.42 Å². The Morgan fingerprint density at radius 1 is 0.733 bits per heavy atom. The molecule has 9 nitrogen and oxygen atoms in total. The van der Waals surface area contributed by atoms with Crippen molar-refractivity contribution in [1.29, 1.82) is 0 Å². The summed E-state index contributed by atoms with van der Waals surface area (Å²) in [5, 5.41) is 5.34. The first-order valence-corrected chi connectivity index (χ1v) is 10.7. The van der Waals surface area contributed by atoms with E-state index in [4.69, 9.17) is 20.9 Å². The van der Waals surface area contributed by atoms with Crippen molar-refractivity contribution >= 4 is 18.0 Å². The normalized spacial score (nSPS) is 13.9. The maximum absolute atomic E-state index is 12.9. The van der Waals surface area contributed by atoms with E-state index in [1.165, 1.54) is 0 Å². The van der Waals surface area contributed by atoms with Crippen LogP contribution < -0.4 is 22.1 Å². The van der Waals surface area contributed by atoms with Crippen molar-refractivity contribution in [2.24, 2.45) is 11.5 Å². The number of unbranched alkanes of at least 4 members (excludes halogenated alkanes) is 2. The standard InChI is InChI=1S/C21H42N4O5/c1-20(2,3)29-18(27)16(12-8-10-14-23)24-17(26)15(11-7-9-13-22)25-19(28)30-21(4,5)6/h15-16H,7-14,22-23H2,1-6H3,(H,24,26)(H,25,28)/t15-,16?/m0/s1.